The van der Waals surface area contributed by atoms with Crippen molar-refractivity contribution in [3.8, 4) is 0 Å². The summed E-state index contributed by atoms with van der Waals surface area (Å²) in [5, 5.41) is 8.89. The lowest BCUT2D eigenvalue weighted by molar-refractivity contribution is -0.135. The second-order valence-corrected chi connectivity index (χ2v) is 5.33. The van der Waals surface area contributed by atoms with E-state index in [1.54, 1.807) is 11.9 Å². The minimum atomic E-state index is -1.19. The van der Waals surface area contributed by atoms with Crippen LogP contribution in [0.4, 0.5) is 0 Å². The van der Waals surface area contributed by atoms with Crippen LogP contribution < -0.4 is 0 Å². The third-order valence-electron chi connectivity index (χ3n) is 3.53. The zero-order valence-electron chi connectivity index (χ0n) is 13.5. The Morgan fingerprint density at radius 1 is 1.29 bits per heavy atom. The monoisotopic (exact) mass is 332 g/mol. The lowest BCUT2D eigenvalue weighted by Gasteiger charge is -2.17. The Morgan fingerprint density at radius 3 is 2.75 bits per heavy atom. The summed E-state index contributed by atoms with van der Waals surface area (Å²) in [6.45, 7) is 0.382. The molecule has 0 aliphatic heterocycles. The molecule has 0 saturated carbocycles. The fourth-order valence-corrected chi connectivity index (χ4v) is 2.18. The van der Waals surface area contributed by atoms with E-state index in [1.165, 1.54) is 5.56 Å². The Hall–Kier alpha value is -2.67. The second-order valence-electron chi connectivity index (χ2n) is 5.33. The Kier molecular flexibility index (Phi) is 6.51. The quantitative estimate of drug-likeness (QED) is 0.755. The van der Waals surface area contributed by atoms with Gasteiger partial charge in [-0.3, -0.25) is 4.79 Å². The van der Waals surface area contributed by atoms with Crippen molar-refractivity contribution in [3.05, 3.63) is 53.7 Å². The number of ether oxygens (including phenoxy) is 1. The summed E-state index contributed by atoms with van der Waals surface area (Å²) < 4.78 is 10.2. The lowest BCUT2D eigenvalue weighted by Crippen LogP contribution is -2.31. The molecule has 1 aromatic carbocycles. The van der Waals surface area contributed by atoms with Gasteiger partial charge in [-0.15, -0.1) is 0 Å². The average Bonchev–Trinajstić information content (AvgIpc) is 3.04. The first kappa shape index (κ1) is 17.7. The number of carbonyl (C=O) groups is 2. The van der Waals surface area contributed by atoms with Crippen LogP contribution >= 0.6 is 0 Å². The van der Waals surface area contributed by atoms with Crippen molar-refractivity contribution in [1.82, 2.24) is 9.88 Å². The van der Waals surface area contributed by atoms with Gasteiger partial charge in [0, 0.05) is 13.6 Å². The van der Waals surface area contributed by atoms with Gasteiger partial charge in [0.1, 0.15) is 13.2 Å². The third kappa shape index (κ3) is 5.20. The van der Waals surface area contributed by atoms with Crippen molar-refractivity contribution in [1.29, 1.82) is 0 Å². The van der Waals surface area contributed by atoms with Crippen LogP contribution in [0.2, 0.25) is 0 Å². The van der Waals surface area contributed by atoms with Crippen LogP contribution in [0, 0.1) is 0 Å². The fraction of sp³-hybridized carbons (Fsp3) is 0.353. The topological polar surface area (TPSA) is 92.9 Å². The van der Waals surface area contributed by atoms with E-state index in [0.717, 1.165) is 19.2 Å². The Bertz CT molecular complexity index is 669. The standard InChI is InChI=1S/C17H20N2O5/c1-19(9-5-8-13-6-3-2-4-7-13)15(20)11-23-10-14-16(17(21)22)18-12-24-14/h2-4,6-7,12H,5,8-11H2,1H3,(H,21,22). The number of hydrogen-bond acceptors (Lipinski definition) is 5. The minimum Gasteiger partial charge on any atom is -0.476 e. The smallest absolute Gasteiger partial charge is 0.358 e. The van der Waals surface area contributed by atoms with Crippen molar-refractivity contribution >= 4 is 11.9 Å². The molecule has 0 aliphatic rings. The number of carboxylic acid groups (broad SMARTS) is 1. The van der Waals surface area contributed by atoms with Gasteiger partial charge in [0.15, 0.2) is 17.8 Å². The molecule has 1 amide bonds. The van der Waals surface area contributed by atoms with Crippen LogP contribution in [0.15, 0.2) is 41.1 Å². The number of nitrogens with zero attached hydrogens (tertiary/aromatic N) is 2. The number of hydrogen-bond donors (Lipinski definition) is 1. The first-order chi connectivity index (χ1) is 11.6. The minimum absolute atomic E-state index is 0.0991. The summed E-state index contributed by atoms with van der Waals surface area (Å²) in [5.41, 5.74) is 1.04. The summed E-state index contributed by atoms with van der Waals surface area (Å²) in [4.78, 5) is 28.0. The summed E-state index contributed by atoms with van der Waals surface area (Å²) in [5.74, 6) is -1.26. The van der Waals surface area contributed by atoms with Gasteiger partial charge in [-0.25, -0.2) is 9.78 Å². The fourth-order valence-electron chi connectivity index (χ4n) is 2.18. The lowest BCUT2D eigenvalue weighted by atomic mass is 10.1. The molecule has 1 aromatic heterocycles. The molecular weight excluding hydrogens is 312 g/mol. The molecule has 128 valence electrons. The summed E-state index contributed by atoms with van der Waals surface area (Å²) >= 11 is 0. The van der Waals surface area contributed by atoms with Crippen LogP contribution in [0.1, 0.15) is 28.2 Å². The van der Waals surface area contributed by atoms with Gasteiger partial charge in [0.2, 0.25) is 5.91 Å². The number of carbonyl (C=O) groups excluding carboxylic acids is 1. The van der Waals surface area contributed by atoms with E-state index < -0.39 is 5.97 Å². The highest BCUT2D eigenvalue weighted by molar-refractivity contribution is 5.86. The first-order valence-corrected chi connectivity index (χ1v) is 7.59. The van der Waals surface area contributed by atoms with Gasteiger partial charge in [-0.1, -0.05) is 30.3 Å². The molecule has 0 aliphatic carbocycles. The van der Waals surface area contributed by atoms with Crippen molar-refractivity contribution < 1.29 is 23.8 Å². The van der Waals surface area contributed by atoms with Crippen molar-refractivity contribution in [2.75, 3.05) is 20.2 Å². The predicted octanol–water partition coefficient (Wildman–Crippen LogP) is 1.98. The number of likely N-dealkylation sites (N-methyl/N-ethyl adjacent to an activating group) is 1. The van der Waals surface area contributed by atoms with Crippen LogP contribution in [0.5, 0.6) is 0 Å². The van der Waals surface area contributed by atoms with Crippen LogP contribution in [-0.2, 0) is 22.6 Å². The third-order valence-corrected chi connectivity index (χ3v) is 3.53. The number of benzene rings is 1. The highest BCUT2D eigenvalue weighted by Crippen LogP contribution is 2.08. The molecule has 24 heavy (non-hydrogen) atoms. The largest absolute Gasteiger partial charge is 0.476 e. The highest BCUT2D eigenvalue weighted by atomic mass is 16.5. The van der Waals surface area contributed by atoms with E-state index in [0.29, 0.717) is 6.54 Å². The molecule has 1 N–H and O–H groups in total. The van der Waals surface area contributed by atoms with E-state index in [2.05, 4.69) is 17.1 Å². The van der Waals surface area contributed by atoms with E-state index in [-0.39, 0.29) is 30.6 Å². The molecule has 0 bridgehead atoms. The number of amides is 1. The molecule has 1 heterocycles. The summed E-state index contributed by atoms with van der Waals surface area (Å²) in [6, 6.07) is 10.1. The second kappa shape index (κ2) is 8.83. The molecule has 2 aromatic rings. The number of carboxylic acids is 1. The zero-order valence-corrected chi connectivity index (χ0v) is 13.5. The van der Waals surface area contributed by atoms with Crippen LogP contribution in [-0.4, -0.2) is 47.1 Å². The van der Waals surface area contributed by atoms with E-state index in [1.807, 2.05) is 18.2 Å². The molecular formula is C17H20N2O5. The molecule has 0 radical (unpaired) electrons. The zero-order chi connectivity index (χ0) is 17.4. The van der Waals surface area contributed by atoms with Gasteiger partial charge >= 0.3 is 5.97 Å². The Labute approximate surface area is 139 Å². The van der Waals surface area contributed by atoms with Crippen LogP contribution in [0.3, 0.4) is 0 Å². The van der Waals surface area contributed by atoms with Crippen molar-refractivity contribution in [2.24, 2.45) is 0 Å². The maximum Gasteiger partial charge on any atom is 0.358 e. The molecule has 0 spiro atoms. The van der Waals surface area contributed by atoms with Crippen LogP contribution in [0.25, 0.3) is 0 Å². The van der Waals surface area contributed by atoms with E-state index >= 15 is 0 Å². The summed E-state index contributed by atoms with van der Waals surface area (Å²) in [6.07, 6.45) is 2.80. The number of aromatic nitrogens is 1. The average molecular weight is 332 g/mol. The van der Waals surface area contributed by atoms with E-state index in [9.17, 15) is 9.59 Å². The maximum atomic E-state index is 12.0. The molecule has 0 fully saturated rings. The van der Waals surface area contributed by atoms with Gasteiger partial charge in [-0.05, 0) is 18.4 Å². The summed E-state index contributed by atoms with van der Waals surface area (Å²) in [7, 11) is 1.72. The van der Waals surface area contributed by atoms with Gasteiger partial charge < -0.3 is 19.2 Å². The molecule has 0 atom stereocenters. The molecule has 7 heteroatoms. The maximum absolute atomic E-state index is 12.0. The predicted molar refractivity (Wildman–Crippen MR) is 85.5 cm³/mol. The van der Waals surface area contributed by atoms with E-state index in [4.69, 9.17) is 14.3 Å². The van der Waals surface area contributed by atoms with Gasteiger partial charge in [0.05, 0.1) is 0 Å². The normalized spacial score (nSPS) is 10.5. The number of rotatable bonds is 9. The highest BCUT2D eigenvalue weighted by Gasteiger charge is 2.16. The Balaban J connectivity index is 1.68. The van der Waals surface area contributed by atoms with Gasteiger partial charge in [0.25, 0.3) is 0 Å². The molecule has 0 unspecified atom stereocenters. The number of aryl methyl sites for hydroxylation is 1. The number of oxazole rings is 1. The molecule has 2 rings (SSSR count). The molecule has 7 nitrogen and oxygen atoms in total. The van der Waals surface area contributed by atoms with Crippen molar-refractivity contribution in [2.45, 2.75) is 19.4 Å². The SMILES string of the molecule is CN(CCCc1ccccc1)C(=O)COCc1ocnc1C(=O)O. The molecule has 0 saturated heterocycles. The van der Waals surface area contributed by atoms with Gasteiger partial charge in [-0.2, -0.15) is 0 Å². The first-order valence-electron chi connectivity index (χ1n) is 7.59. The number of aromatic carboxylic acids is 1. The van der Waals surface area contributed by atoms with Crippen molar-refractivity contribution in [3.63, 3.8) is 0 Å². The Morgan fingerprint density at radius 2 is 2.04 bits per heavy atom.